The number of carbonyl (C=O) groups excluding carboxylic acids is 1. The van der Waals surface area contributed by atoms with Crippen LogP contribution in [-0.4, -0.2) is 29.6 Å². The second-order valence-corrected chi connectivity index (χ2v) is 6.94. The molecule has 1 amide bonds. The van der Waals surface area contributed by atoms with Gasteiger partial charge in [0.05, 0.1) is 11.5 Å². The topological polar surface area (TPSA) is 89.6 Å². The number of nitrogens with zero attached hydrogens (tertiary/aromatic N) is 2. The van der Waals surface area contributed by atoms with Gasteiger partial charge < -0.3 is 15.8 Å². The largest absolute Gasteiger partial charge is 0.463 e. The van der Waals surface area contributed by atoms with E-state index in [1.165, 1.54) is 5.56 Å². The second-order valence-electron chi connectivity index (χ2n) is 6.94. The fraction of sp³-hybridized carbons (Fsp3) is 0.350. The molecule has 3 N–H and O–H groups in total. The van der Waals surface area contributed by atoms with Crippen molar-refractivity contribution in [1.29, 1.82) is 0 Å². The Balaban J connectivity index is 1.35. The van der Waals surface area contributed by atoms with Crippen LogP contribution in [-0.2, 0) is 21.4 Å². The number of nitrogens with one attached hydrogen (secondary N) is 1. The predicted molar refractivity (Wildman–Crippen MR) is 99.9 cm³/mol. The highest BCUT2D eigenvalue weighted by Gasteiger charge is 2.51. The van der Waals surface area contributed by atoms with Gasteiger partial charge in [0.15, 0.2) is 0 Å². The first-order chi connectivity index (χ1) is 12.7. The van der Waals surface area contributed by atoms with Crippen molar-refractivity contribution in [3.63, 3.8) is 0 Å². The first-order valence-electron chi connectivity index (χ1n) is 8.93. The molecule has 1 aliphatic carbocycles. The SMILES string of the molecule is NC1=N[C@@H](CCc2ccc(NC(=O)C3(c4ccncc4)CC3)cc2)CO1. The molecule has 2 aliphatic rings. The van der Waals surface area contributed by atoms with Crippen LogP contribution in [0, 0.1) is 0 Å². The number of aromatic nitrogens is 1. The minimum atomic E-state index is -0.387. The fourth-order valence-corrected chi connectivity index (χ4v) is 3.37. The molecule has 2 heterocycles. The van der Waals surface area contributed by atoms with Crippen molar-refractivity contribution in [3.05, 3.63) is 59.9 Å². The molecule has 1 aromatic heterocycles. The van der Waals surface area contributed by atoms with E-state index in [0.29, 0.717) is 6.61 Å². The van der Waals surface area contributed by atoms with E-state index < -0.39 is 0 Å². The normalized spacial score (nSPS) is 20.2. The summed E-state index contributed by atoms with van der Waals surface area (Å²) in [4.78, 5) is 21.0. The van der Waals surface area contributed by atoms with E-state index in [-0.39, 0.29) is 23.4 Å². The Bertz CT molecular complexity index is 813. The summed E-state index contributed by atoms with van der Waals surface area (Å²) < 4.78 is 5.17. The summed E-state index contributed by atoms with van der Waals surface area (Å²) in [6.07, 6.45) is 7.05. The van der Waals surface area contributed by atoms with Gasteiger partial charge in [0, 0.05) is 18.1 Å². The number of rotatable bonds is 6. The molecule has 0 saturated heterocycles. The zero-order valence-electron chi connectivity index (χ0n) is 14.5. The first kappa shape index (κ1) is 16.6. The Labute approximate surface area is 152 Å². The van der Waals surface area contributed by atoms with Gasteiger partial charge >= 0.3 is 0 Å². The van der Waals surface area contributed by atoms with E-state index in [2.05, 4.69) is 15.3 Å². The average Bonchev–Trinajstić information content (AvgIpc) is 3.39. The lowest BCUT2D eigenvalue weighted by Crippen LogP contribution is -2.27. The minimum Gasteiger partial charge on any atom is -0.463 e. The maximum Gasteiger partial charge on any atom is 0.282 e. The van der Waals surface area contributed by atoms with Gasteiger partial charge in [-0.1, -0.05) is 12.1 Å². The van der Waals surface area contributed by atoms with Crippen LogP contribution in [0.2, 0.25) is 0 Å². The number of pyridine rings is 1. The van der Waals surface area contributed by atoms with Crippen molar-refractivity contribution < 1.29 is 9.53 Å². The number of aliphatic imine (C=N–C) groups is 1. The number of amidine groups is 1. The van der Waals surface area contributed by atoms with Crippen LogP contribution in [0.15, 0.2) is 53.8 Å². The molecule has 1 atom stereocenters. The van der Waals surface area contributed by atoms with Crippen molar-refractivity contribution in [2.45, 2.75) is 37.1 Å². The maximum atomic E-state index is 12.7. The molecule has 0 radical (unpaired) electrons. The van der Waals surface area contributed by atoms with Crippen molar-refractivity contribution in [3.8, 4) is 0 Å². The highest BCUT2D eigenvalue weighted by atomic mass is 16.5. The maximum absolute atomic E-state index is 12.7. The van der Waals surface area contributed by atoms with Crippen molar-refractivity contribution >= 4 is 17.6 Å². The minimum absolute atomic E-state index is 0.0596. The van der Waals surface area contributed by atoms with Crippen LogP contribution in [0.4, 0.5) is 5.69 Å². The summed E-state index contributed by atoms with van der Waals surface area (Å²) in [6.45, 7) is 0.567. The second kappa shape index (κ2) is 6.78. The smallest absolute Gasteiger partial charge is 0.282 e. The number of hydrogen-bond donors (Lipinski definition) is 2. The molecule has 1 aromatic carbocycles. The lowest BCUT2D eigenvalue weighted by Gasteiger charge is -2.16. The Morgan fingerprint density at radius 1 is 1.19 bits per heavy atom. The number of hydrogen-bond acceptors (Lipinski definition) is 5. The van der Waals surface area contributed by atoms with Crippen molar-refractivity contribution in [2.24, 2.45) is 10.7 Å². The number of anilines is 1. The lowest BCUT2D eigenvalue weighted by molar-refractivity contribution is -0.118. The van der Waals surface area contributed by atoms with E-state index in [1.807, 2.05) is 36.4 Å². The number of amides is 1. The average molecular weight is 350 g/mol. The molecule has 0 unspecified atom stereocenters. The Morgan fingerprint density at radius 3 is 2.54 bits per heavy atom. The van der Waals surface area contributed by atoms with E-state index in [9.17, 15) is 4.79 Å². The molecular formula is C20H22N4O2. The highest BCUT2D eigenvalue weighted by Crippen LogP contribution is 2.48. The monoisotopic (exact) mass is 350 g/mol. The highest BCUT2D eigenvalue weighted by molar-refractivity contribution is 6.01. The number of nitrogens with two attached hydrogens (primary N) is 1. The molecule has 1 saturated carbocycles. The van der Waals surface area contributed by atoms with Gasteiger partial charge in [-0.05, 0) is 61.1 Å². The Hall–Kier alpha value is -2.89. The molecule has 6 nitrogen and oxygen atoms in total. The van der Waals surface area contributed by atoms with Gasteiger partial charge in [-0.2, -0.15) is 0 Å². The third-order valence-electron chi connectivity index (χ3n) is 5.13. The summed E-state index contributed by atoms with van der Waals surface area (Å²) in [6, 6.07) is 12.3. The van der Waals surface area contributed by atoms with Gasteiger partial charge in [-0.25, -0.2) is 4.99 Å². The molecule has 2 aromatic rings. The van der Waals surface area contributed by atoms with Crippen LogP contribution in [0.1, 0.15) is 30.4 Å². The fourth-order valence-electron chi connectivity index (χ4n) is 3.37. The van der Waals surface area contributed by atoms with Gasteiger partial charge in [0.25, 0.3) is 6.02 Å². The number of aryl methyl sites for hydroxylation is 1. The van der Waals surface area contributed by atoms with Gasteiger partial charge in [-0.15, -0.1) is 0 Å². The summed E-state index contributed by atoms with van der Waals surface area (Å²) in [5, 5.41) is 3.06. The van der Waals surface area contributed by atoms with E-state index in [0.717, 1.165) is 36.9 Å². The summed E-state index contributed by atoms with van der Waals surface area (Å²) >= 11 is 0. The molecule has 1 fully saturated rings. The molecule has 134 valence electrons. The molecule has 4 rings (SSSR count). The molecular weight excluding hydrogens is 328 g/mol. The summed E-state index contributed by atoms with van der Waals surface area (Å²) in [5.41, 5.74) is 8.21. The molecule has 26 heavy (non-hydrogen) atoms. The lowest BCUT2D eigenvalue weighted by atomic mass is 9.96. The van der Waals surface area contributed by atoms with Gasteiger partial charge in [0.2, 0.25) is 5.91 Å². The molecule has 0 bridgehead atoms. The van der Waals surface area contributed by atoms with Gasteiger partial charge in [0.1, 0.15) is 6.61 Å². The third-order valence-corrected chi connectivity index (χ3v) is 5.13. The summed E-state index contributed by atoms with van der Waals surface area (Å²) in [7, 11) is 0. The van der Waals surface area contributed by atoms with Crippen molar-refractivity contribution in [2.75, 3.05) is 11.9 Å². The van der Waals surface area contributed by atoms with Crippen LogP contribution < -0.4 is 11.1 Å². The number of ether oxygens (including phenoxy) is 1. The molecule has 0 spiro atoms. The Kier molecular flexibility index (Phi) is 4.32. The standard InChI is InChI=1S/C20H22N4O2/c21-19-24-17(13-26-19)6-3-14-1-4-16(5-2-14)23-18(25)20(9-10-20)15-7-11-22-12-8-15/h1-2,4-5,7-8,11-12,17H,3,6,9-10,13H2,(H2,21,24)(H,23,25)/t17-/m0/s1. The van der Waals surface area contributed by atoms with E-state index >= 15 is 0 Å². The molecule has 6 heteroatoms. The number of benzene rings is 1. The van der Waals surface area contributed by atoms with E-state index in [4.69, 9.17) is 10.5 Å². The van der Waals surface area contributed by atoms with E-state index in [1.54, 1.807) is 12.4 Å². The third kappa shape index (κ3) is 3.40. The summed E-state index contributed by atoms with van der Waals surface area (Å²) in [5.74, 6) is 0.0596. The zero-order valence-corrected chi connectivity index (χ0v) is 14.5. The van der Waals surface area contributed by atoms with Crippen molar-refractivity contribution in [1.82, 2.24) is 4.98 Å². The predicted octanol–water partition coefficient (Wildman–Crippen LogP) is 2.40. The van der Waals surface area contributed by atoms with Gasteiger partial charge in [-0.3, -0.25) is 9.78 Å². The Morgan fingerprint density at radius 2 is 1.92 bits per heavy atom. The van der Waals surface area contributed by atoms with Crippen LogP contribution in [0.25, 0.3) is 0 Å². The molecule has 1 aliphatic heterocycles. The van der Waals surface area contributed by atoms with Crippen LogP contribution in [0.3, 0.4) is 0 Å². The number of carbonyl (C=O) groups is 1. The van der Waals surface area contributed by atoms with Crippen LogP contribution >= 0.6 is 0 Å². The zero-order chi connectivity index (χ0) is 18.0. The quantitative estimate of drug-likeness (QED) is 0.837. The first-order valence-corrected chi connectivity index (χ1v) is 8.93. The van der Waals surface area contributed by atoms with Crippen LogP contribution in [0.5, 0.6) is 0 Å².